The molecule has 0 unspecified atom stereocenters. The van der Waals surface area contributed by atoms with Crippen molar-refractivity contribution >= 4 is 34.8 Å². The number of nitrogens with zero attached hydrogens (tertiary/aromatic N) is 4. The summed E-state index contributed by atoms with van der Waals surface area (Å²) in [4.78, 5) is 25.3. The highest BCUT2D eigenvalue weighted by molar-refractivity contribution is 6.34. The standard InChI is InChI=1S/C19H15ClN4O/c1-13-21-11-14-12-23(17-10-6-5-9-16(17)20)19(25)24(18(14)22-13)15-7-3-2-4-8-15/h2-11H,12H2,1H3. The quantitative estimate of drug-likeness (QED) is 0.672. The summed E-state index contributed by atoms with van der Waals surface area (Å²) in [6.45, 7) is 2.19. The van der Waals surface area contributed by atoms with Gasteiger partial charge in [-0.2, -0.15) is 0 Å². The van der Waals surface area contributed by atoms with Crippen LogP contribution in [0.5, 0.6) is 0 Å². The van der Waals surface area contributed by atoms with Crippen LogP contribution >= 0.6 is 11.6 Å². The van der Waals surface area contributed by atoms with Gasteiger partial charge in [0, 0.05) is 11.8 Å². The van der Waals surface area contributed by atoms with Crippen LogP contribution in [0.3, 0.4) is 0 Å². The maximum Gasteiger partial charge on any atom is 0.335 e. The minimum absolute atomic E-state index is 0.190. The van der Waals surface area contributed by atoms with Gasteiger partial charge in [-0.3, -0.25) is 4.90 Å². The van der Waals surface area contributed by atoms with E-state index in [1.54, 1.807) is 22.1 Å². The third-order valence-electron chi connectivity index (χ3n) is 4.08. The molecule has 3 aromatic rings. The Hall–Kier alpha value is -2.92. The summed E-state index contributed by atoms with van der Waals surface area (Å²) < 4.78 is 0. The number of aromatic nitrogens is 2. The molecule has 2 heterocycles. The number of rotatable bonds is 2. The number of hydrogen-bond donors (Lipinski definition) is 0. The maximum atomic E-state index is 13.3. The first-order chi connectivity index (χ1) is 12.1. The van der Waals surface area contributed by atoms with Gasteiger partial charge in [-0.15, -0.1) is 0 Å². The summed E-state index contributed by atoms with van der Waals surface area (Å²) in [6, 6.07) is 16.6. The molecule has 0 atom stereocenters. The molecule has 1 aliphatic rings. The predicted octanol–water partition coefficient (Wildman–Crippen LogP) is 4.72. The molecular formula is C19H15ClN4O. The highest BCUT2D eigenvalue weighted by Gasteiger charge is 2.34. The van der Waals surface area contributed by atoms with Crippen LogP contribution in [0, 0.1) is 6.92 Å². The van der Waals surface area contributed by atoms with Gasteiger partial charge < -0.3 is 0 Å². The van der Waals surface area contributed by atoms with Crippen molar-refractivity contribution in [3.63, 3.8) is 0 Å². The summed E-state index contributed by atoms with van der Waals surface area (Å²) in [5.41, 5.74) is 2.29. The molecular weight excluding hydrogens is 336 g/mol. The Kier molecular flexibility index (Phi) is 3.86. The Morgan fingerprint density at radius 1 is 1.04 bits per heavy atom. The lowest BCUT2D eigenvalue weighted by Crippen LogP contribution is -2.45. The van der Waals surface area contributed by atoms with Crippen molar-refractivity contribution in [1.82, 2.24) is 9.97 Å². The van der Waals surface area contributed by atoms with Crippen LogP contribution < -0.4 is 9.80 Å². The number of halogens is 1. The van der Waals surface area contributed by atoms with E-state index in [2.05, 4.69) is 9.97 Å². The van der Waals surface area contributed by atoms with Gasteiger partial charge in [-0.1, -0.05) is 41.9 Å². The fraction of sp³-hybridized carbons (Fsp3) is 0.105. The molecule has 2 aromatic carbocycles. The SMILES string of the molecule is Cc1ncc2c(n1)N(c1ccccc1)C(=O)N(c1ccccc1Cl)C2. The van der Waals surface area contributed by atoms with Gasteiger partial charge >= 0.3 is 6.03 Å². The summed E-state index contributed by atoms with van der Waals surface area (Å²) in [5, 5.41) is 0.528. The highest BCUT2D eigenvalue weighted by atomic mass is 35.5. The largest absolute Gasteiger partial charge is 0.335 e. The molecule has 0 N–H and O–H groups in total. The van der Waals surface area contributed by atoms with Crippen molar-refractivity contribution in [3.05, 3.63) is 77.2 Å². The van der Waals surface area contributed by atoms with E-state index in [0.717, 1.165) is 11.3 Å². The van der Waals surface area contributed by atoms with Gasteiger partial charge in [-0.25, -0.2) is 19.7 Å². The zero-order valence-electron chi connectivity index (χ0n) is 13.6. The molecule has 25 heavy (non-hydrogen) atoms. The van der Waals surface area contributed by atoms with Crippen LogP contribution in [0.1, 0.15) is 11.4 Å². The number of carbonyl (C=O) groups excluding carboxylic acids is 1. The molecule has 0 spiro atoms. The van der Waals surface area contributed by atoms with E-state index in [0.29, 0.717) is 28.9 Å². The lowest BCUT2D eigenvalue weighted by molar-refractivity contribution is 0.252. The number of hydrogen-bond acceptors (Lipinski definition) is 3. The number of amides is 2. The zero-order chi connectivity index (χ0) is 17.4. The van der Waals surface area contributed by atoms with Gasteiger partial charge in [0.05, 0.1) is 22.9 Å². The first-order valence-corrected chi connectivity index (χ1v) is 8.26. The molecule has 1 aliphatic heterocycles. The smallest absolute Gasteiger partial charge is 0.288 e. The fourth-order valence-electron chi connectivity index (χ4n) is 2.91. The van der Waals surface area contributed by atoms with E-state index in [-0.39, 0.29) is 6.03 Å². The Morgan fingerprint density at radius 2 is 1.76 bits per heavy atom. The predicted molar refractivity (Wildman–Crippen MR) is 98.4 cm³/mol. The number of benzene rings is 2. The molecule has 0 aliphatic carbocycles. The Labute approximate surface area is 150 Å². The monoisotopic (exact) mass is 350 g/mol. The summed E-state index contributed by atoms with van der Waals surface area (Å²) >= 11 is 6.33. The highest BCUT2D eigenvalue weighted by Crippen LogP contribution is 2.37. The summed E-state index contributed by atoms with van der Waals surface area (Å²) in [6.07, 6.45) is 1.77. The fourth-order valence-corrected chi connectivity index (χ4v) is 3.14. The number of anilines is 3. The Morgan fingerprint density at radius 3 is 2.52 bits per heavy atom. The third-order valence-corrected chi connectivity index (χ3v) is 4.40. The van der Waals surface area contributed by atoms with E-state index in [1.807, 2.05) is 55.5 Å². The minimum Gasteiger partial charge on any atom is -0.288 e. The second-order valence-electron chi connectivity index (χ2n) is 5.76. The zero-order valence-corrected chi connectivity index (χ0v) is 14.3. The van der Waals surface area contributed by atoms with Crippen molar-refractivity contribution in [2.75, 3.05) is 9.80 Å². The van der Waals surface area contributed by atoms with Crippen molar-refractivity contribution < 1.29 is 4.79 Å². The van der Waals surface area contributed by atoms with Crippen molar-refractivity contribution in [2.45, 2.75) is 13.5 Å². The molecule has 2 amide bonds. The maximum absolute atomic E-state index is 13.3. The van der Waals surface area contributed by atoms with Crippen molar-refractivity contribution in [2.24, 2.45) is 0 Å². The average Bonchev–Trinajstić information content (AvgIpc) is 2.63. The third kappa shape index (κ3) is 2.72. The molecule has 4 rings (SSSR count). The summed E-state index contributed by atoms with van der Waals surface area (Å²) in [5.74, 6) is 1.24. The van der Waals surface area contributed by atoms with Gasteiger partial charge in [-0.05, 0) is 31.2 Å². The van der Waals surface area contributed by atoms with Crippen molar-refractivity contribution in [1.29, 1.82) is 0 Å². The van der Waals surface area contributed by atoms with Gasteiger partial charge in [0.15, 0.2) is 0 Å². The number of aryl methyl sites for hydroxylation is 1. The van der Waals surface area contributed by atoms with Crippen LogP contribution in [0.4, 0.5) is 22.0 Å². The van der Waals surface area contributed by atoms with Crippen molar-refractivity contribution in [3.8, 4) is 0 Å². The van der Waals surface area contributed by atoms with Crippen LogP contribution in [-0.2, 0) is 6.54 Å². The Bertz CT molecular complexity index is 945. The second-order valence-corrected chi connectivity index (χ2v) is 6.16. The van der Waals surface area contributed by atoms with E-state index in [9.17, 15) is 4.79 Å². The summed E-state index contributed by atoms with van der Waals surface area (Å²) in [7, 11) is 0. The lowest BCUT2D eigenvalue weighted by atomic mass is 10.1. The van der Waals surface area contributed by atoms with E-state index >= 15 is 0 Å². The number of para-hydroxylation sites is 2. The molecule has 0 fully saturated rings. The molecule has 1 aromatic heterocycles. The van der Waals surface area contributed by atoms with Crippen LogP contribution in [0.2, 0.25) is 5.02 Å². The first-order valence-electron chi connectivity index (χ1n) is 7.89. The molecule has 0 saturated heterocycles. The first kappa shape index (κ1) is 15.6. The average molecular weight is 351 g/mol. The normalized spacial score (nSPS) is 13.8. The van der Waals surface area contributed by atoms with Gasteiger partial charge in [0.25, 0.3) is 0 Å². The molecule has 0 bridgehead atoms. The van der Waals surface area contributed by atoms with E-state index < -0.39 is 0 Å². The number of fused-ring (bicyclic) bond motifs is 1. The van der Waals surface area contributed by atoms with Gasteiger partial charge in [0.1, 0.15) is 11.6 Å². The van der Waals surface area contributed by atoms with E-state index in [4.69, 9.17) is 11.6 Å². The number of urea groups is 1. The molecule has 6 heteroatoms. The topological polar surface area (TPSA) is 49.3 Å². The Balaban J connectivity index is 1.89. The second kappa shape index (κ2) is 6.18. The molecule has 124 valence electrons. The molecule has 0 saturated carbocycles. The molecule has 0 radical (unpaired) electrons. The number of carbonyl (C=O) groups is 1. The van der Waals surface area contributed by atoms with E-state index in [1.165, 1.54) is 0 Å². The van der Waals surface area contributed by atoms with Crippen LogP contribution in [-0.4, -0.2) is 16.0 Å². The minimum atomic E-state index is -0.190. The van der Waals surface area contributed by atoms with Gasteiger partial charge in [0.2, 0.25) is 0 Å². The van der Waals surface area contributed by atoms with Crippen LogP contribution in [0.15, 0.2) is 60.8 Å². The van der Waals surface area contributed by atoms with Crippen LogP contribution in [0.25, 0.3) is 0 Å². The molecule has 5 nitrogen and oxygen atoms in total. The lowest BCUT2D eigenvalue weighted by Gasteiger charge is -2.36.